The second-order valence-electron chi connectivity index (χ2n) is 5.11. The predicted molar refractivity (Wildman–Crippen MR) is 77.7 cm³/mol. The number of nitrogens with zero attached hydrogens (tertiary/aromatic N) is 2. The van der Waals surface area contributed by atoms with Crippen molar-refractivity contribution in [2.75, 3.05) is 0 Å². The molecule has 1 N–H and O–H groups in total. The molecule has 0 radical (unpaired) electrons. The lowest BCUT2D eigenvalue weighted by molar-refractivity contribution is -0.00565. The lowest BCUT2D eigenvalue weighted by Crippen LogP contribution is -2.39. The largest absolute Gasteiger partial charge is 0.387 e. The van der Waals surface area contributed by atoms with Crippen molar-refractivity contribution in [3.8, 4) is 0 Å². The van der Waals surface area contributed by atoms with Gasteiger partial charge in [-0.15, -0.1) is 0 Å². The fourth-order valence-corrected chi connectivity index (χ4v) is 2.68. The Kier molecular flexibility index (Phi) is 4.53. The highest BCUT2D eigenvalue weighted by atomic mass is 19.1. The van der Waals surface area contributed by atoms with Crippen LogP contribution in [0, 0.1) is 5.82 Å². The van der Waals surface area contributed by atoms with Gasteiger partial charge in [0.1, 0.15) is 5.82 Å². The normalized spacial score (nSPS) is 13.1. The molecule has 5 heteroatoms. The van der Waals surface area contributed by atoms with Crippen LogP contribution in [0.3, 0.4) is 0 Å². The predicted octanol–water partition coefficient (Wildman–Crippen LogP) is 2.98. The minimum Gasteiger partial charge on any atom is -0.387 e. The van der Waals surface area contributed by atoms with Crippen molar-refractivity contribution in [1.29, 1.82) is 0 Å². The summed E-state index contributed by atoms with van der Waals surface area (Å²) in [4.78, 5) is 15.3. The summed E-state index contributed by atoms with van der Waals surface area (Å²) in [6, 6.07) is 3.56. The lowest BCUT2D eigenvalue weighted by atomic mass is 9.82. The number of carbonyl (C=O) groups is 1. The molecular formula is C16H19FN2O2. The van der Waals surface area contributed by atoms with Crippen molar-refractivity contribution in [2.45, 2.75) is 38.3 Å². The molecule has 0 bridgehead atoms. The molecule has 1 atom stereocenters. The number of hydrogen-bond donors (Lipinski definition) is 1. The SMILES string of the molecule is CCC(O)(CC)C(c1ccc(F)cc1C=O)n1ccnc1. The maximum absolute atomic E-state index is 13.4. The molecule has 2 rings (SSSR count). The number of carbonyl (C=O) groups excluding carboxylic acids is 1. The van der Waals surface area contributed by atoms with E-state index in [9.17, 15) is 14.3 Å². The van der Waals surface area contributed by atoms with E-state index in [0.717, 1.165) is 0 Å². The van der Waals surface area contributed by atoms with Gasteiger partial charge in [-0.2, -0.15) is 0 Å². The summed E-state index contributed by atoms with van der Waals surface area (Å²) in [5.74, 6) is -0.471. The van der Waals surface area contributed by atoms with Gasteiger partial charge < -0.3 is 9.67 Å². The first kappa shape index (κ1) is 15.4. The highest BCUT2D eigenvalue weighted by molar-refractivity contribution is 5.77. The van der Waals surface area contributed by atoms with Crippen LogP contribution in [0.1, 0.15) is 48.7 Å². The number of benzene rings is 1. The Balaban J connectivity index is 2.63. The summed E-state index contributed by atoms with van der Waals surface area (Å²) < 4.78 is 15.1. The van der Waals surface area contributed by atoms with Crippen molar-refractivity contribution in [3.05, 3.63) is 53.9 Å². The van der Waals surface area contributed by atoms with Crippen LogP contribution in [0.2, 0.25) is 0 Å². The maximum atomic E-state index is 13.4. The van der Waals surface area contributed by atoms with Gasteiger partial charge >= 0.3 is 0 Å². The molecule has 0 aliphatic rings. The van der Waals surface area contributed by atoms with Gasteiger partial charge in [-0.3, -0.25) is 4.79 Å². The minimum absolute atomic E-state index is 0.244. The molecule has 0 saturated heterocycles. The first-order valence-electron chi connectivity index (χ1n) is 7.00. The summed E-state index contributed by atoms with van der Waals surface area (Å²) in [7, 11) is 0. The Labute approximate surface area is 123 Å². The van der Waals surface area contributed by atoms with Gasteiger partial charge in [-0.25, -0.2) is 9.37 Å². The zero-order valence-electron chi connectivity index (χ0n) is 12.2. The monoisotopic (exact) mass is 290 g/mol. The van der Waals surface area contributed by atoms with Crippen molar-refractivity contribution in [2.24, 2.45) is 0 Å². The third-order valence-corrected chi connectivity index (χ3v) is 4.03. The number of imidazole rings is 1. The highest BCUT2D eigenvalue weighted by Crippen LogP contribution is 2.36. The molecule has 4 nitrogen and oxygen atoms in total. The van der Waals surface area contributed by atoms with Crippen LogP contribution in [0.25, 0.3) is 0 Å². The summed E-state index contributed by atoms with van der Waals surface area (Å²) in [6.07, 6.45) is 6.57. The first-order valence-corrected chi connectivity index (χ1v) is 7.00. The van der Waals surface area contributed by atoms with Crippen molar-refractivity contribution in [3.63, 3.8) is 0 Å². The van der Waals surface area contributed by atoms with E-state index in [-0.39, 0.29) is 5.56 Å². The van der Waals surface area contributed by atoms with E-state index >= 15 is 0 Å². The molecular weight excluding hydrogens is 271 g/mol. The molecule has 1 aromatic heterocycles. The van der Waals surface area contributed by atoms with E-state index in [1.165, 1.54) is 12.1 Å². The number of halogens is 1. The molecule has 0 saturated carbocycles. The Morgan fingerprint density at radius 3 is 2.67 bits per heavy atom. The standard InChI is InChI=1S/C16H19FN2O2/c1-3-16(21,4-2)15(19-8-7-18-11-19)14-6-5-13(17)9-12(14)10-20/h5-11,15,21H,3-4H2,1-2H3. The first-order chi connectivity index (χ1) is 10.1. The summed E-state index contributed by atoms with van der Waals surface area (Å²) >= 11 is 0. The van der Waals surface area contributed by atoms with Crippen LogP contribution < -0.4 is 0 Å². The molecule has 0 spiro atoms. The van der Waals surface area contributed by atoms with Crippen LogP contribution in [0.15, 0.2) is 36.9 Å². The van der Waals surface area contributed by atoms with Gasteiger partial charge in [0.25, 0.3) is 0 Å². The van der Waals surface area contributed by atoms with E-state index in [1.807, 2.05) is 13.8 Å². The average Bonchev–Trinajstić information content (AvgIpc) is 3.02. The van der Waals surface area contributed by atoms with E-state index in [1.54, 1.807) is 29.4 Å². The van der Waals surface area contributed by atoms with E-state index < -0.39 is 17.5 Å². The number of rotatable bonds is 6. The molecule has 0 amide bonds. The summed E-state index contributed by atoms with van der Waals surface area (Å²) in [5.41, 5.74) is -0.208. The number of aldehydes is 1. The number of aliphatic hydroxyl groups is 1. The maximum Gasteiger partial charge on any atom is 0.150 e. The molecule has 0 aliphatic heterocycles. The van der Waals surface area contributed by atoms with Crippen LogP contribution in [-0.2, 0) is 0 Å². The molecule has 1 unspecified atom stereocenters. The van der Waals surface area contributed by atoms with E-state index in [2.05, 4.69) is 4.98 Å². The van der Waals surface area contributed by atoms with Crippen molar-refractivity contribution < 1.29 is 14.3 Å². The van der Waals surface area contributed by atoms with Crippen molar-refractivity contribution in [1.82, 2.24) is 9.55 Å². The fraction of sp³-hybridized carbons (Fsp3) is 0.375. The van der Waals surface area contributed by atoms with Gasteiger partial charge in [0.2, 0.25) is 0 Å². The Bertz CT molecular complexity index is 607. The highest BCUT2D eigenvalue weighted by Gasteiger charge is 2.37. The zero-order chi connectivity index (χ0) is 15.5. The molecule has 1 heterocycles. The van der Waals surface area contributed by atoms with Crippen LogP contribution >= 0.6 is 0 Å². The number of hydrogen-bond acceptors (Lipinski definition) is 3. The smallest absolute Gasteiger partial charge is 0.150 e. The third kappa shape index (κ3) is 2.88. The van der Waals surface area contributed by atoms with Gasteiger partial charge in [-0.1, -0.05) is 19.9 Å². The van der Waals surface area contributed by atoms with Gasteiger partial charge in [0.05, 0.1) is 18.0 Å². The topological polar surface area (TPSA) is 55.1 Å². The molecule has 1 aromatic carbocycles. The lowest BCUT2D eigenvalue weighted by Gasteiger charge is -2.36. The van der Waals surface area contributed by atoms with Crippen LogP contribution in [-0.4, -0.2) is 26.5 Å². The van der Waals surface area contributed by atoms with Gasteiger partial charge in [0, 0.05) is 18.0 Å². The molecule has 0 aliphatic carbocycles. The molecule has 21 heavy (non-hydrogen) atoms. The Morgan fingerprint density at radius 1 is 1.43 bits per heavy atom. The second kappa shape index (κ2) is 6.18. The average molecular weight is 290 g/mol. The third-order valence-electron chi connectivity index (χ3n) is 4.03. The summed E-state index contributed by atoms with van der Waals surface area (Å²) in [6.45, 7) is 3.77. The molecule has 112 valence electrons. The molecule has 2 aromatic rings. The van der Waals surface area contributed by atoms with Crippen LogP contribution in [0.5, 0.6) is 0 Å². The summed E-state index contributed by atoms with van der Waals surface area (Å²) in [5, 5.41) is 10.9. The molecule has 0 fully saturated rings. The minimum atomic E-state index is -1.05. The van der Waals surface area contributed by atoms with Crippen LogP contribution in [0.4, 0.5) is 4.39 Å². The Hall–Kier alpha value is -2.01. The Morgan fingerprint density at radius 2 is 2.14 bits per heavy atom. The fourth-order valence-electron chi connectivity index (χ4n) is 2.68. The van der Waals surface area contributed by atoms with Crippen molar-refractivity contribution >= 4 is 6.29 Å². The quantitative estimate of drug-likeness (QED) is 0.832. The van der Waals surface area contributed by atoms with Gasteiger partial charge in [-0.05, 0) is 30.5 Å². The second-order valence-corrected chi connectivity index (χ2v) is 5.11. The van der Waals surface area contributed by atoms with Gasteiger partial charge in [0.15, 0.2) is 6.29 Å². The number of aromatic nitrogens is 2. The van der Waals surface area contributed by atoms with E-state index in [4.69, 9.17) is 0 Å². The zero-order valence-corrected chi connectivity index (χ0v) is 12.2. The van der Waals surface area contributed by atoms with E-state index in [0.29, 0.717) is 24.7 Å².